The second-order valence-corrected chi connectivity index (χ2v) is 11.5. The highest BCUT2D eigenvalue weighted by atomic mass is 35.5. The summed E-state index contributed by atoms with van der Waals surface area (Å²) in [7, 11) is 0. The Kier molecular flexibility index (Phi) is 9.34. The van der Waals surface area contributed by atoms with E-state index in [4.69, 9.17) is 21.3 Å². The smallest absolute Gasteiger partial charge is 0.233 e. The molecule has 210 valence electrons. The number of piperazine rings is 2. The summed E-state index contributed by atoms with van der Waals surface area (Å²) in [5.74, 6) is 2.48. The lowest BCUT2D eigenvalue weighted by Gasteiger charge is -2.37. The number of thioether (sulfide) groups is 1. The van der Waals surface area contributed by atoms with Gasteiger partial charge >= 0.3 is 0 Å². The number of para-hydroxylation sites is 2. The molecule has 3 heterocycles. The molecule has 0 N–H and O–H groups in total. The second kappa shape index (κ2) is 13.1. The van der Waals surface area contributed by atoms with Gasteiger partial charge in [-0.05, 0) is 31.9 Å². The number of aromatic nitrogens is 2. The number of carbonyl (C=O) groups is 2. The van der Waals surface area contributed by atoms with Crippen molar-refractivity contribution in [1.82, 2.24) is 19.8 Å². The van der Waals surface area contributed by atoms with Crippen LogP contribution in [-0.2, 0) is 9.59 Å². The molecule has 2 saturated heterocycles. The van der Waals surface area contributed by atoms with E-state index >= 15 is 0 Å². The average Bonchev–Trinajstić information content (AvgIpc) is 3.51. The standard InChI is InChI=1S/C28H37ClN6O3S/c1-2-38-23-10-6-5-9-22(23)32-11-15-34(16-12-32)26(36)20-39-28-30-24(29)19-25(31-28)33-13-17-35(18-14-33)27(37)21-7-3-4-8-21/h5-6,9-10,19,21H,2-4,7-8,11-18,20H2,1H3. The Morgan fingerprint density at radius 1 is 0.949 bits per heavy atom. The predicted molar refractivity (Wildman–Crippen MR) is 155 cm³/mol. The third-order valence-electron chi connectivity index (χ3n) is 7.74. The first-order chi connectivity index (χ1) is 19.0. The van der Waals surface area contributed by atoms with E-state index in [9.17, 15) is 9.59 Å². The Morgan fingerprint density at radius 2 is 1.62 bits per heavy atom. The molecule has 0 spiro atoms. The summed E-state index contributed by atoms with van der Waals surface area (Å²) in [5, 5.41) is 0.862. The maximum Gasteiger partial charge on any atom is 0.233 e. The van der Waals surface area contributed by atoms with E-state index in [1.54, 1.807) is 6.07 Å². The Hall–Kier alpha value is -2.72. The number of nitrogens with zero attached hydrogens (tertiary/aromatic N) is 6. The zero-order valence-corrected chi connectivity index (χ0v) is 24.1. The van der Waals surface area contributed by atoms with Gasteiger partial charge in [0.1, 0.15) is 16.7 Å². The maximum atomic E-state index is 13.0. The quantitative estimate of drug-likeness (QED) is 0.268. The molecule has 39 heavy (non-hydrogen) atoms. The number of carbonyl (C=O) groups excluding carboxylic acids is 2. The van der Waals surface area contributed by atoms with Gasteiger partial charge in [0.15, 0.2) is 5.16 Å². The first-order valence-electron chi connectivity index (χ1n) is 14.0. The lowest BCUT2D eigenvalue weighted by molar-refractivity contribution is -0.135. The minimum atomic E-state index is 0.0712. The van der Waals surface area contributed by atoms with Crippen LogP contribution < -0.4 is 14.5 Å². The van der Waals surface area contributed by atoms with Gasteiger partial charge in [-0.2, -0.15) is 0 Å². The summed E-state index contributed by atoms with van der Waals surface area (Å²) in [4.78, 5) is 43.1. The summed E-state index contributed by atoms with van der Waals surface area (Å²) in [6, 6.07) is 9.82. The molecule has 2 aromatic rings. The van der Waals surface area contributed by atoms with Gasteiger partial charge in [0.2, 0.25) is 11.8 Å². The Labute approximate surface area is 239 Å². The number of benzene rings is 1. The fourth-order valence-corrected chi connectivity index (χ4v) is 6.59. The highest BCUT2D eigenvalue weighted by molar-refractivity contribution is 7.99. The van der Waals surface area contributed by atoms with Crippen molar-refractivity contribution >= 4 is 46.7 Å². The number of rotatable bonds is 8. The van der Waals surface area contributed by atoms with Crippen LogP contribution in [-0.4, -0.2) is 96.3 Å². The van der Waals surface area contributed by atoms with Gasteiger partial charge in [-0.15, -0.1) is 0 Å². The molecule has 11 heteroatoms. The fraction of sp³-hybridized carbons (Fsp3) is 0.571. The summed E-state index contributed by atoms with van der Waals surface area (Å²) in [6.45, 7) is 8.25. The molecule has 3 fully saturated rings. The number of hydrogen-bond donors (Lipinski definition) is 0. The summed E-state index contributed by atoms with van der Waals surface area (Å²) >= 11 is 7.66. The van der Waals surface area contributed by atoms with Crippen molar-refractivity contribution in [1.29, 1.82) is 0 Å². The Balaban J connectivity index is 1.11. The molecule has 2 aliphatic heterocycles. The van der Waals surface area contributed by atoms with Crippen LogP contribution in [0.25, 0.3) is 0 Å². The number of ether oxygens (including phenoxy) is 1. The van der Waals surface area contributed by atoms with Gasteiger partial charge in [-0.3, -0.25) is 9.59 Å². The summed E-state index contributed by atoms with van der Waals surface area (Å²) in [6.07, 6.45) is 4.38. The third kappa shape index (κ3) is 6.90. The first kappa shape index (κ1) is 27.8. The van der Waals surface area contributed by atoms with Crippen molar-refractivity contribution in [2.45, 2.75) is 37.8 Å². The molecule has 0 atom stereocenters. The molecule has 1 aromatic heterocycles. The zero-order chi connectivity index (χ0) is 27.2. The fourth-order valence-electron chi connectivity index (χ4n) is 5.61. The van der Waals surface area contributed by atoms with Crippen LogP contribution >= 0.6 is 23.4 Å². The van der Waals surface area contributed by atoms with Gasteiger partial charge in [0, 0.05) is 64.3 Å². The molecular weight excluding hydrogens is 536 g/mol. The molecule has 5 rings (SSSR count). The van der Waals surface area contributed by atoms with Crippen molar-refractivity contribution in [2.75, 3.05) is 74.5 Å². The van der Waals surface area contributed by atoms with Gasteiger partial charge in [0.25, 0.3) is 0 Å². The molecule has 0 unspecified atom stereocenters. The molecule has 1 aromatic carbocycles. The van der Waals surface area contributed by atoms with E-state index in [-0.39, 0.29) is 17.6 Å². The minimum Gasteiger partial charge on any atom is -0.492 e. The van der Waals surface area contributed by atoms with Crippen LogP contribution in [0.4, 0.5) is 11.5 Å². The van der Waals surface area contributed by atoms with Crippen LogP contribution in [0.2, 0.25) is 5.15 Å². The van der Waals surface area contributed by atoms with Crippen LogP contribution in [0.3, 0.4) is 0 Å². The monoisotopic (exact) mass is 572 g/mol. The van der Waals surface area contributed by atoms with Gasteiger partial charge in [-0.25, -0.2) is 9.97 Å². The van der Waals surface area contributed by atoms with Crippen molar-refractivity contribution in [3.63, 3.8) is 0 Å². The average molecular weight is 573 g/mol. The van der Waals surface area contributed by atoms with Crippen LogP contribution in [0.1, 0.15) is 32.6 Å². The van der Waals surface area contributed by atoms with E-state index in [1.165, 1.54) is 11.8 Å². The SMILES string of the molecule is CCOc1ccccc1N1CCN(C(=O)CSc2nc(Cl)cc(N3CCN(C(=O)C4CCCC4)CC3)n2)CC1. The lowest BCUT2D eigenvalue weighted by Crippen LogP contribution is -2.50. The predicted octanol–water partition coefficient (Wildman–Crippen LogP) is 3.81. The number of amides is 2. The first-order valence-corrected chi connectivity index (χ1v) is 15.3. The molecule has 3 aliphatic rings. The Morgan fingerprint density at radius 3 is 2.33 bits per heavy atom. The van der Waals surface area contributed by atoms with Crippen LogP contribution in [0.5, 0.6) is 5.75 Å². The maximum absolute atomic E-state index is 13.0. The molecule has 2 amide bonds. The van der Waals surface area contributed by atoms with E-state index in [0.717, 1.165) is 56.0 Å². The van der Waals surface area contributed by atoms with E-state index in [2.05, 4.69) is 20.9 Å². The highest BCUT2D eigenvalue weighted by Crippen LogP contribution is 2.30. The topological polar surface area (TPSA) is 82.1 Å². The third-order valence-corrected chi connectivity index (χ3v) is 8.77. The van der Waals surface area contributed by atoms with Crippen molar-refractivity contribution in [3.8, 4) is 5.75 Å². The van der Waals surface area contributed by atoms with Crippen molar-refractivity contribution < 1.29 is 14.3 Å². The van der Waals surface area contributed by atoms with Crippen molar-refractivity contribution in [2.24, 2.45) is 5.92 Å². The van der Waals surface area contributed by atoms with Crippen LogP contribution in [0, 0.1) is 5.92 Å². The Bertz CT molecular complexity index is 1150. The van der Waals surface area contributed by atoms with E-state index in [1.807, 2.05) is 34.9 Å². The van der Waals surface area contributed by atoms with Gasteiger partial charge in [0.05, 0.1) is 18.0 Å². The molecular formula is C28H37ClN6O3S. The minimum absolute atomic E-state index is 0.0712. The summed E-state index contributed by atoms with van der Waals surface area (Å²) < 4.78 is 5.78. The molecule has 0 bridgehead atoms. The zero-order valence-electron chi connectivity index (χ0n) is 22.6. The van der Waals surface area contributed by atoms with Crippen LogP contribution in [0.15, 0.2) is 35.5 Å². The van der Waals surface area contributed by atoms with Crippen molar-refractivity contribution in [3.05, 3.63) is 35.5 Å². The highest BCUT2D eigenvalue weighted by Gasteiger charge is 2.30. The normalized spacial score (nSPS) is 18.5. The van der Waals surface area contributed by atoms with E-state index < -0.39 is 0 Å². The lowest BCUT2D eigenvalue weighted by atomic mass is 10.1. The molecule has 9 nitrogen and oxygen atoms in total. The molecule has 1 saturated carbocycles. The van der Waals surface area contributed by atoms with Gasteiger partial charge < -0.3 is 24.3 Å². The number of halogens is 1. The molecule has 1 aliphatic carbocycles. The largest absolute Gasteiger partial charge is 0.492 e. The molecule has 0 radical (unpaired) electrons. The number of hydrogen-bond acceptors (Lipinski definition) is 8. The van der Waals surface area contributed by atoms with Gasteiger partial charge in [-0.1, -0.05) is 48.3 Å². The van der Waals surface area contributed by atoms with E-state index in [0.29, 0.717) is 62.1 Å². The second-order valence-electron chi connectivity index (χ2n) is 10.2. The summed E-state index contributed by atoms with van der Waals surface area (Å²) in [5.41, 5.74) is 1.07. The number of anilines is 2.